The number of carbonyl (C=O) groups is 1. The second kappa shape index (κ2) is 8.67. The summed E-state index contributed by atoms with van der Waals surface area (Å²) in [6, 6.07) is 25.7. The molecule has 30 heavy (non-hydrogen) atoms. The lowest BCUT2D eigenvalue weighted by atomic mass is 9.84. The second-order valence-corrected chi connectivity index (χ2v) is 7.87. The number of thiocarbonyl (C=S) groups is 1. The third kappa shape index (κ3) is 4.07. The quantitative estimate of drug-likeness (QED) is 0.598. The molecule has 152 valence electrons. The van der Waals surface area contributed by atoms with Gasteiger partial charge in [-0.05, 0) is 54.5 Å². The highest BCUT2D eigenvalue weighted by molar-refractivity contribution is 7.80. The van der Waals surface area contributed by atoms with Gasteiger partial charge in [-0.15, -0.1) is 0 Å². The van der Waals surface area contributed by atoms with Crippen LogP contribution in [0.4, 0.5) is 5.69 Å². The van der Waals surface area contributed by atoms with E-state index in [9.17, 15) is 4.79 Å². The summed E-state index contributed by atoms with van der Waals surface area (Å²) in [5, 5.41) is 3.89. The minimum atomic E-state index is -0.135. The highest BCUT2D eigenvalue weighted by atomic mass is 32.1. The molecule has 0 saturated carbocycles. The molecule has 1 saturated heterocycles. The van der Waals surface area contributed by atoms with Crippen LogP contribution >= 0.6 is 12.2 Å². The van der Waals surface area contributed by atoms with Crippen LogP contribution in [0.1, 0.15) is 35.1 Å². The summed E-state index contributed by atoms with van der Waals surface area (Å²) in [6.45, 7) is 2.06. The summed E-state index contributed by atoms with van der Waals surface area (Å²) >= 11 is 5.69. The first kappa shape index (κ1) is 20.1. The van der Waals surface area contributed by atoms with E-state index in [0.717, 1.165) is 22.6 Å². The number of aryl methyl sites for hydroxylation is 1. The van der Waals surface area contributed by atoms with Crippen molar-refractivity contribution in [3.05, 3.63) is 95.6 Å². The van der Waals surface area contributed by atoms with Crippen molar-refractivity contribution in [3.8, 4) is 5.75 Å². The molecule has 0 bridgehead atoms. The minimum absolute atomic E-state index is 0.0136. The van der Waals surface area contributed by atoms with Gasteiger partial charge in [0.2, 0.25) is 5.91 Å². The van der Waals surface area contributed by atoms with Crippen molar-refractivity contribution in [1.29, 1.82) is 0 Å². The van der Waals surface area contributed by atoms with Gasteiger partial charge in [-0.1, -0.05) is 60.2 Å². The van der Waals surface area contributed by atoms with Crippen LogP contribution in [0.3, 0.4) is 0 Å². The fourth-order valence-electron chi connectivity index (χ4n) is 3.90. The first-order valence-corrected chi connectivity index (χ1v) is 10.4. The molecule has 1 aliphatic heterocycles. The number of amides is 1. The van der Waals surface area contributed by atoms with E-state index in [1.807, 2.05) is 54.6 Å². The van der Waals surface area contributed by atoms with Crippen molar-refractivity contribution >= 4 is 28.9 Å². The van der Waals surface area contributed by atoms with Crippen molar-refractivity contribution in [2.24, 2.45) is 0 Å². The lowest BCUT2D eigenvalue weighted by Gasteiger charge is -2.27. The number of nitrogens with zero attached hydrogens (tertiary/aromatic N) is 1. The van der Waals surface area contributed by atoms with Crippen molar-refractivity contribution in [1.82, 2.24) is 5.32 Å². The number of hydrogen-bond acceptors (Lipinski definition) is 3. The fraction of sp³-hybridized carbons (Fsp3) is 0.200. The minimum Gasteiger partial charge on any atom is -0.497 e. The number of nitrogens with one attached hydrogen (secondary N) is 1. The monoisotopic (exact) mass is 416 g/mol. The Morgan fingerprint density at radius 1 is 0.933 bits per heavy atom. The number of anilines is 1. The van der Waals surface area contributed by atoms with E-state index in [1.54, 1.807) is 12.0 Å². The van der Waals surface area contributed by atoms with Crippen LogP contribution < -0.4 is 15.0 Å². The van der Waals surface area contributed by atoms with Crippen LogP contribution in [0, 0.1) is 6.92 Å². The van der Waals surface area contributed by atoms with Crippen molar-refractivity contribution < 1.29 is 9.53 Å². The molecule has 1 aliphatic rings. The summed E-state index contributed by atoms with van der Waals surface area (Å²) < 4.78 is 5.31. The number of benzene rings is 3. The molecule has 4 nitrogen and oxygen atoms in total. The number of carbonyl (C=O) groups excluding carboxylic acids is 1. The topological polar surface area (TPSA) is 41.6 Å². The van der Waals surface area contributed by atoms with Gasteiger partial charge < -0.3 is 10.1 Å². The fourth-order valence-corrected chi connectivity index (χ4v) is 4.23. The van der Waals surface area contributed by atoms with E-state index in [0.29, 0.717) is 11.5 Å². The molecule has 0 aliphatic carbocycles. The molecule has 0 spiro atoms. The molecule has 3 aromatic carbocycles. The highest BCUT2D eigenvalue weighted by Crippen LogP contribution is 2.38. The van der Waals surface area contributed by atoms with Gasteiger partial charge in [0.05, 0.1) is 18.8 Å². The molecular weight excluding hydrogens is 392 g/mol. The van der Waals surface area contributed by atoms with Crippen LogP contribution in [0.2, 0.25) is 0 Å². The average Bonchev–Trinajstić information content (AvgIpc) is 2.90. The van der Waals surface area contributed by atoms with Gasteiger partial charge in [-0.2, -0.15) is 0 Å². The molecule has 5 heteroatoms. The molecule has 1 N–H and O–H groups in total. The molecule has 0 radical (unpaired) electrons. The van der Waals surface area contributed by atoms with Gasteiger partial charge in [-0.3, -0.25) is 9.69 Å². The molecule has 3 aromatic rings. The molecule has 0 aromatic heterocycles. The predicted octanol–water partition coefficient (Wildman–Crippen LogP) is 5.14. The number of hydrogen-bond donors (Lipinski definition) is 1. The Kier molecular flexibility index (Phi) is 5.81. The van der Waals surface area contributed by atoms with Gasteiger partial charge in [0, 0.05) is 12.3 Å². The van der Waals surface area contributed by atoms with Crippen LogP contribution in [-0.4, -0.2) is 18.1 Å². The van der Waals surface area contributed by atoms with Crippen molar-refractivity contribution in [2.45, 2.75) is 25.3 Å². The highest BCUT2D eigenvalue weighted by Gasteiger charge is 2.35. The Labute approximate surface area is 182 Å². The van der Waals surface area contributed by atoms with E-state index in [1.165, 1.54) is 5.56 Å². The van der Waals surface area contributed by atoms with Gasteiger partial charge in [0.15, 0.2) is 5.11 Å². The van der Waals surface area contributed by atoms with E-state index >= 15 is 0 Å². The van der Waals surface area contributed by atoms with Gasteiger partial charge in [-0.25, -0.2) is 0 Å². The molecule has 4 rings (SSSR count). The third-order valence-corrected chi connectivity index (χ3v) is 5.82. The van der Waals surface area contributed by atoms with E-state index < -0.39 is 0 Å². The largest absolute Gasteiger partial charge is 0.497 e. The zero-order chi connectivity index (χ0) is 21.1. The van der Waals surface area contributed by atoms with Gasteiger partial charge in [0.25, 0.3) is 0 Å². The first-order valence-electron chi connectivity index (χ1n) is 9.96. The summed E-state index contributed by atoms with van der Waals surface area (Å²) in [5.74, 6) is 0.724. The second-order valence-electron chi connectivity index (χ2n) is 7.49. The molecule has 1 fully saturated rings. The van der Waals surface area contributed by atoms with E-state index in [-0.39, 0.29) is 17.9 Å². The summed E-state index contributed by atoms with van der Waals surface area (Å²) in [6.07, 6.45) is 0.349. The lowest BCUT2D eigenvalue weighted by Crippen LogP contribution is -2.42. The first-order chi connectivity index (χ1) is 14.6. The Balaban J connectivity index is 1.77. The average molecular weight is 417 g/mol. The normalized spacial score (nSPS) is 19.2. The lowest BCUT2D eigenvalue weighted by molar-refractivity contribution is -0.118. The maximum Gasteiger partial charge on any atom is 0.234 e. The SMILES string of the molecule is COc1ccc([C@@H]2NC(=S)N(c3ccccc3)C(=O)C[C@H]2c2ccc(C)cc2)cc1. The van der Waals surface area contributed by atoms with E-state index in [4.69, 9.17) is 17.0 Å². The smallest absolute Gasteiger partial charge is 0.234 e. The Hall–Kier alpha value is -3.18. The molecule has 1 amide bonds. The number of ether oxygens (including phenoxy) is 1. The van der Waals surface area contributed by atoms with Crippen molar-refractivity contribution in [3.63, 3.8) is 0 Å². The van der Waals surface area contributed by atoms with Crippen molar-refractivity contribution in [2.75, 3.05) is 12.0 Å². The number of methoxy groups -OCH3 is 1. The Bertz CT molecular complexity index is 1030. The molecule has 1 heterocycles. The van der Waals surface area contributed by atoms with Gasteiger partial charge >= 0.3 is 0 Å². The number of para-hydroxylation sites is 1. The Morgan fingerprint density at radius 3 is 2.20 bits per heavy atom. The molecule has 0 unspecified atom stereocenters. The molecular formula is C25H24N2O2S. The Morgan fingerprint density at radius 2 is 1.57 bits per heavy atom. The zero-order valence-corrected chi connectivity index (χ0v) is 17.9. The predicted molar refractivity (Wildman–Crippen MR) is 124 cm³/mol. The third-order valence-electron chi connectivity index (χ3n) is 5.52. The molecule has 2 atom stereocenters. The van der Waals surface area contributed by atoms with Crippen LogP contribution in [0.5, 0.6) is 5.75 Å². The standard InChI is InChI=1S/C25H24N2O2S/c1-17-8-10-18(11-9-17)22-16-23(28)27(20-6-4-3-5-7-20)25(30)26-24(22)19-12-14-21(29-2)15-13-19/h3-15,22,24H,16H2,1-2H3,(H,26,30)/t22-,24-/m0/s1. The van der Waals surface area contributed by atoms with E-state index in [2.05, 4.69) is 36.5 Å². The summed E-state index contributed by atoms with van der Waals surface area (Å²) in [4.78, 5) is 14.9. The summed E-state index contributed by atoms with van der Waals surface area (Å²) in [7, 11) is 1.65. The van der Waals surface area contributed by atoms with Gasteiger partial charge in [0.1, 0.15) is 5.75 Å². The zero-order valence-electron chi connectivity index (χ0n) is 17.0. The number of rotatable bonds is 4. The van der Waals surface area contributed by atoms with Crippen LogP contribution in [-0.2, 0) is 4.79 Å². The van der Waals surface area contributed by atoms with Crippen LogP contribution in [0.25, 0.3) is 0 Å². The van der Waals surface area contributed by atoms with Crippen LogP contribution in [0.15, 0.2) is 78.9 Å². The maximum atomic E-state index is 13.3. The summed E-state index contributed by atoms with van der Waals surface area (Å²) in [5.41, 5.74) is 4.14. The maximum absolute atomic E-state index is 13.3.